The summed E-state index contributed by atoms with van der Waals surface area (Å²) >= 11 is 0. The van der Waals surface area contributed by atoms with Gasteiger partial charge in [0.05, 0.1) is 6.10 Å². The van der Waals surface area contributed by atoms with Crippen LogP contribution in [0.25, 0.3) is 0 Å². The molecular formula is C14H25ClO. The minimum atomic E-state index is -0.0369. The average Bonchev–Trinajstić information content (AvgIpc) is 2.46. The predicted octanol–water partition coefficient (Wildman–Crippen LogP) is 4.24. The second-order valence-corrected chi connectivity index (χ2v) is 5.34. The molecule has 0 aliphatic heterocycles. The van der Waals surface area contributed by atoms with Gasteiger partial charge in [-0.2, -0.15) is 0 Å². The lowest BCUT2D eigenvalue weighted by Crippen LogP contribution is -2.08. The van der Waals surface area contributed by atoms with Gasteiger partial charge in [-0.05, 0) is 38.0 Å². The van der Waals surface area contributed by atoms with Crippen LogP contribution in [0.5, 0.6) is 0 Å². The number of hydrogen-bond acceptors (Lipinski definition) is 1. The van der Waals surface area contributed by atoms with Crippen LogP contribution < -0.4 is 0 Å². The summed E-state index contributed by atoms with van der Waals surface area (Å²) < 4.78 is 0. The maximum Gasteiger partial charge on any atom is 0.0546 e. The predicted molar refractivity (Wildman–Crippen MR) is 71.0 cm³/mol. The van der Waals surface area contributed by atoms with E-state index in [2.05, 4.69) is 6.08 Å². The summed E-state index contributed by atoms with van der Waals surface area (Å²) in [4.78, 5) is 0. The lowest BCUT2D eigenvalue weighted by atomic mass is 9.84. The Balaban J connectivity index is 0.00000128. The fraction of sp³-hybridized carbons (Fsp3) is 0.857. The molecule has 1 fully saturated rings. The Bertz CT molecular complexity index is 219. The fourth-order valence-corrected chi connectivity index (χ4v) is 3.03. The molecule has 0 bridgehead atoms. The summed E-state index contributed by atoms with van der Waals surface area (Å²) in [5.41, 5.74) is 1.64. The summed E-state index contributed by atoms with van der Waals surface area (Å²) in [5, 5.41) is 9.58. The van der Waals surface area contributed by atoms with Gasteiger partial charge in [-0.25, -0.2) is 0 Å². The van der Waals surface area contributed by atoms with E-state index in [0.29, 0.717) is 0 Å². The maximum absolute atomic E-state index is 9.58. The first kappa shape index (κ1) is 14.1. The number of aliphatic hydroxyl groups is 1. The fourth-order valence-electron chi connectivity index (χ4n) is 3.03. The van der Waals surface area contributed by atoms with Gasteiger partial charge in [-0.1, -0.05) is 43.8 Å². The van der Waals surface area contributed by atoms with Crippen LogP contribution in [0.4, 0.5) is 0 Å². The molecule has 1 saturated carbocycles. The van der Waals surface area contributed by atoms with Crippen molar-refractivity contribution in [2.45, 2.75) is 70.3 Å². The van der Waals surface area contributed by atoms with Crippen molar-refractivity contribution >= 4 is 12.4 Å². The van der Waals surface area contributed by atoms with Gasteiger partial charge in [0.2, 0.25) is 0 Å². The number of hydrogen-bond donors (Lipinski definition) is 1. The number of aliphatic hydroxyl groups excluding tert-OH is 1. The van der Waals surface area contributed by atoms with Gasteiger partial charge in [0, 0.05) is 0 Å². The summed E-state index contributed by atoms with van der Waals surface area (Å²) in [6.45, 7) is 0. The summed E-state index contributed by atoms with van der Waals surface area (Å²) in [7, 11) is 0. The highest BCUT2D eigenvalue weighted by Crippen LogP contribution is 2.31. The van der Waals surface area contributed by atoms with E-state index in [4.69, 9.17) is 0 Å². The Morgan fingerprint density at radius 2 is 1.81 bits per heavy atom. The molecule has 1 N–H and O–H groups in total. The van der Waals surface area contributed by atoms with Crippen molar-refractivity contribution in [2.24, 2.45) is 5.92 Å². The van der Waals surface area contributed by atoms with E-state index < -0.39 is 0 Å². The molecule has 2 heteroatoms. The van der Waals surface area contributed by atoms with E-state index in [1.807, 2.05) is 0 Å². The number of halogens is 1. The third-order valence-electron chi connectivity index (χ3n) is 4.01. The zero-order valence-corrected chi connectivity index (χ0v) is 11.0. The van der Waals surface area contributed by atoms with E-state index in [-0.39, 0.29) is 18.5 Å². The average molecular weight is 245 g/mol. The van der Waals surface area contributed by atoms with Crippen LogP contribution in [0, 0.1) is 5.92 Å². The Labute approximate surface area is 106 Å². The Morgan fingerprint density at radius 3 is 2.56 bits per heavy atom. The van der Waals surface area contributed by atoms with Crippen LogP contribution in [0.15, 0.2) is 11.6 Å². The summed E-state index contributed by atoms with van der Waals surface area (Å²) in [6, 6.07) is 0. The lowest BCUT2D eigenvalue weighted by Gasteiger charge is -2.22. The van der Waals surface area contributed by atoms with Crippen molar-refractivity contribution in [1.29, 1.82) is 0 Å². The first-order valence-corrected chi connectivity index (χ1v) is 6.70. The quantitative estimate of drug-likeness (QED) is 0.721. The number of allylic oxidation sites excluding steroid dienone is 2. The van der Waals surface area contributed by atoms with Crippen molar-refractivity contribution in [3.05, 3.63) is 11.6 Å². The van der Waals surface area contributed by atoms with Gasteiger partial charge in [-0.15, -0.1) is 12.4 Å². The van der Waals surface area contributed by atoms with Gasteiger partial charge in [0.25, 0.3) is 0 Å². The smallest absolute Gasteiger partial charge is 0.0546 e. The summed E-state index contributed by atoms with van der Waals surface area (Å²) in [6.07, 6.45) is 15.2. The van der Waals surface area contributed by atoms with Crippen molar-refractivity contribution in [3.8, 4) is 0 Å². The van der Waals surface area contributed by atoms with Crippen LogP contribution in [0.3, 0.4) is 0 Å². The zero-order chi connectivity index (χ0) is 10.5. The van der Waals surface area contributed by atoms with Crippen molar-refractivity contribution in [1.82, 2.24) is 0 Å². The van der Waals surface area contributed by atoms with Gasteiger partial charge in [0.1, 0.15) is 0 Å². The first-order valence-electron chi connectivity index (χ1n) is 6.70. The van der Waals surface area contributed by atoms with Crippen LogP contribution in [-0.4, -0.2) is 11.2 Å². The highest BCUT2D eigenvalue weighted by molar-refractivity contribution is 5.85. The molecular weight excluding hydrogens is 220 g/mol. The zero-order valence-electron chi connectivity index (χ0n) is 10.2. The minimum absolute atomic E-state index is 0. The van der Waals surface area contributed by atoms with Crippen molar-refractivity contribution in [2.75, 3.05) is 0 Å². The standard InChI is InChI=1S/C14H24O.ClH/c15-14-8-4-7-13(9-10-14)11-12-5-2-1-3-6-12;/h7,12,14-15H,1-6,8-11H2;1H. The number of rotatable bonds is 2. The van der Waals surface area contributed by atoms with Crippen LogP contribution in [0.2, 0.25) is 0 Å². The normalized spacial score (nSPS) is 27.8. The maximum atomic E-state index is 9.58. The van der Waals surface area contributed by atoms with Gasteiger partial charge in [-0.3, -0.25) is 0 Å². The van der Waals surface area contributed by atoms with Crippen LogP contribution in [0.1, 0.15) is 64.2 Å². The monoisotopic (exact) mass is 244 g/mol. The largest absolute Gasteiger partial charge is 0.393 e. The third-order valence-corrected chi connectivity index (χ3v) is 4.01. The minimum Gasteiger partial charge on any atom is -0.393 e. The van der Waals surface area contributed by atoms with Crippen LogP contribution in [-0.2, 0) is 0 Å². The van der Waals surface area contributed by atoms with Crippen molar-refractivity contribution < 1.29 is 5.11 Å². The molecule has 2 rings (SSSR count). The molecule has 16 heavy (non-hydrogen) atoms. The third kappa shape index (κ3) is 4.47. The molecule has 0 aromatic heterocycles. The van der Waals surface area contributed by atoms with Gasteiger partial charge < -0.3 is 5.11 Å². The lowest BCUT2D eigenvalue weighted by molar-refractivity contribution is 0.158. The molecule has 1 nitrogen and oxygen atoms in total. The summed E-state index contributed by atoms with van der Waals surface area (Å²) in [5.74, 6) is 0.959. The Morgan fingerprint density at radius 1 is 1.06 bits per heavy atom. The first-order chi connectivity index (χ1) is 7.34. The second-order valence-electron chi connectivity index (χ2n) is 5.34. The van der Waals surface area contributed by atoms with E-state index in [1.165, 1.54) is 38.5 Å². The topological polar surface area (TPSA) is 20.2 Å². The van der Waals surface area contributed by atoms with E-state index in [9.17, 15) is 5.11 Å². The SMILES string of the molecule is Cl.OC1CCC=C(CC2CCCCC2)CC1. The molecule has 0 heterocycles. The van der Waals surface area contributed by atoms with Gasteiger partial charge in [0.15, 0.2) is 0 Å². The second kappa shape index (κ2) is 7.34. The Kier molecular flexibility index (Phi) is 6.45. The molecule has 1 atom stereocenters. The highest BCUT2D eigenvalue weighted by atomic mass is 35.5. The molecule has 0 spiro atoms. The molecule has 0 aromatic rings. The molecule has 1 unspecified atom stereocenters. The molecule has 2 aliphatic carbocycles. The highest BCUT2D eigenvalue weighted by Gasteiger charge is 2.17. The van der Waals surface area contributed by atoms with E-state index in [1.54, 1.807) is 5.57 Å². The van der Waals surface area contributed by atoms with Crippen LogP contribution >= 0.6 is 12.4 Å². The molecule has 0 amide bonds. The molecule has 0 aromatic carbocycles. The van der Waals surface area contributed by atoms with Gasteiger partial charge >= 0.3 is 0 Å². The molecule has 0 saturated heterocycles. The van der Waals surface area contributed by atoms with Crippen molar-refractivity contribution in [3.63, 3.8) is 0 Å². The molecule has 2 aliphatic rings. The van der Waals surface area contributed by atoms with E-state index in [0.717, 1.165) is 31.6 Å². The molecule has 0 radical (unpaired) electrons. The Hall–Kier alpha value is -0.0100. The molecule has 94 valence electrons. The van der Waals surface area contributed by atoms with E-state index >= 15 is 0 Å².